The van der Waals surface area contributed by atoms with Crippen molar-refractivity contribution in [3.8, 4) is 0 Å². The summed E-state index contributed by atoms with van der Waals surface area (Å²) in [5.74, 6) is 0.670. The fourth-order valence-electron chi connectivity index (χ4n) is 3.83. The lowest BCUT2D eigenvalue weighted by Crippen LogP contribution is -2.53. The van der Waals surface area contributed by atoms with Crippen LogP contribution in [0.2, 0.25) is 5.02 Å². The predicted molar refractivity (Wildman–Crippen MR) is 108 cm³/mol. The van der Waals surface area contributed by atoms with Crippen molar-refractivity contribution in [2.75, 3.05) is 38.0 Å². The molecular formula is C20H29ClN4O2. The van der Waals surface area contributed by atoms with Crippen molar-refractivity contribution in [2.45, 2.75) is 38.6 Å². The molecule has 2 fully saturated rings. The van der Waals surface area contributed by atoms with Crippen LogP contribution in [0.3, 0.4) is 0 Å². The SMILES string of the molecule is C[C@@H]1CCCC[C@H]1NC(=O)CN1CCN(C(=O)Nc2ccc(Cl)cc2)CC1. The van der Waals surface area contributed by atoms with Crippen molar-refractivity contribution in [3.05, 3.63) is 29.3 Å². The molecule has 1 saturated carbocycles. The third-order valence-corrected chi connectivity index (χ3v) is 5.83. The second kappa shape index (κ2) is 9.42. The summed E-state index contributed by atoms with van der Waals surface area (Å²) in [6.07, 6.45) is 4.77. The number of nitrogens with zero attached hydrogens (tertiary/aromatic N) is 2. The van der Waals surface area contributed by atoms with E-state index in [-0.39, 0.29) is 11.9 Å². The van der Waals surface area contributed by atoms with Gasteiger partial charge >= 0.3 is 6.03 Å². The van der Waals surface area contributed by atoms with Gasteiger partial charge < -0.3 is 15.5 Å². The maximum Gasteiger partial charge on any atom is 0.321 e. The van der Waals surface area contributed by atoms with E-state index in [1.54, 1.807) is 29.2 Å². The quantitative estimate of drug-likeness (QED) is 0.827. The van der Waals surface area contributed by atoms with E-state index in [0.717, 1.165) is 12.1 Å². The molecule has 1 aromatic carbocycles. The van der Waals surface area contributed by atoms with Gasteiger partial charge in [-0.25, -0.2) is 4.79 Å². The summed E-state index contributed by atoms with van der Waals surface area (Å²) in [6, 6.07) is 7.28. The number of piperazine rings is 1. The van der Waals surface area contributed by atoms with Crippen LogP contribution in [0.4, 0.5) is 10.5 Å². The number of anilines is 1. The topological polar surface area (TPSA) is 64.7 Å². The molecule has 3 rings (SSSR count). The maximum atomic E-state index is 12.4. The Bertz CT molecular complexity index is 644. The van der Waals surface area contributed by atoms with Crippen molar-refractivity contribution in [1.82, 2.24) is 15.1 Å². The first-order valence-electron chi connectivity index (χ1n) is 9.84. The van der Waals surface area contributed by atoms with Crippen LogP contribution >= 0.6 is 11.6 Å². The average molecular weight is 393 g/mol. The van der Waals surface area contributed by atoms with E-state index in [2.05, 4.69) is 22.5 Å². The van der Waals surface area contributed by atoms with Crippen LogP contribution in [0.15, 0.2) is 24.3 Å². The second-order valence-electron chi connectivity index (χ2n) is 7.64. The van der Waals surface area contributed by atoms with Crippen molar-refractivity contribution < 1.29 is 9.59 Å². The van der Waals surface area contributed by atoms with Gasteiger partial charge in [-0.15, -0.1) is 0 Å². The third-order valence-electron chi connectivity index (χ3n) is 5.58. The second-order valence-corrected chi connectivity index (χ2v) is 8.07. The lowest BCUT2D eigenvalue weighted by Gasteiger charge is -2.35. The summed E-state index contributed by atoms with van der Waals surface area (Å²) >= 11 is 5.86. The standard InChI is InChI=1S/C20H29ClN4O2/c1-15-4-2-3-5-18(15)23-19(26)14-24-10-12-25(13-11-24)20(27)22-17-8-6-16(21)7-9-17/h6-9,15,18H,2-5,10-14H2,1H3,(H,22,27)(H,23,26)/t15-,18-/m1/s1. The summed E-state index contributed by atoms with van der Waals surface area (Å²) in [5.41, 5.74) is 0.729. The molecule has 6 nitrogen and oxygen atoms in total. The van der Waals surface area contributed by atoms with Crippen LogP contribution in [0.1, 0.15) is 32.6 Å². The van der Waals surface area contributed by atoms with Crippen LogP contribution in [-0.4, -0.2) is 60.5 Å². The Morgan fingerprint density at radius 2 is 1.74 bits per heavy atom. The largest absolute Gasteiger partial charge is 0.352 e. The monoisotopic (exact) mass is 392 g/mol. The van der Waals surface area contributed by atoms with E-state index in [4.69, 9.17) is 11.6 Å². The molecule has 0 unspecified atom stereocenters. The smallest absolute Gasteiger partial charge is 0.321 e. The van der Waals surface area contributed by atoms with Crippen molar-refractivity contribution in [3.63, 3.8) is 0 Å². The van der Waals surface area contributed by atoms with Gasteiger partial charge in [0.2, 0.25) is 5.91 Å². The molecule has 1 aromatic rings. The molecule has 1 saturated heterocycles. The van der Waals surface area contributed by atoms with Crippen LogP contribution in [-0.2, 0) is 4.79 Å². The number of amides is 3. The van der Waals surface area contributed by atoms with Gasteiger partial charge in [-0.2, -0.15) is 0 Å². The minimum absolute atomic E-state index is 0.104. The number of nitrogens with one attached hydrogen (secondary N) is 2. The Hall–Kier alpha value is -1.79. The molecule has 27 heavy (non-hydrogen) atoms. The molecule has 0 spiro atoms. The van der Waals surface area contributed by atoms with Gasteiger partial charge in [0.1, 0.15) is 0 Å². The van der Waals surface area contributed by atoms with E-state index < -0.39 is 0 Å². The molecule has 2 aliphatic rings. The lowest BCUT2D eigenvalue weighted by molar-refractivity contribution is -0.123. The highest BCUT2D eigenvalue weighted by Crippen LogP contribution is 2.23. The Balaban J connectivity index is 1.39. The Kier molecular flexibility index (Phi) is 6.96. The van der Waals surface area contributed by atoms with Crippen LogP contribution in [0.25, 0.3) is 0 Å². The van der Waals surface area contributed by atoms with Crippen molar-refractivity contribution in [2.24, 2.45) is 5.92 Å². The first-order valence-corrected chi connectivity index (χ1v) is 10.2. The molecule has 1 aliphatic heterocycles. The van der Waals surface area contributed by atoms with E-state index in [0.29, 0.717) is 49.7 Å². The number of hydrogen-bond donors (Lipinski definition) is 2. The number of benzene rings is 1. The highest BCUT2D eigenvalue weighted by atomic mass is 35.5. The molecule has 0 aromatic heterocycles. The van der Waals surface area contributed by atoms with Crippen LogP contribution < -0.4 is 10.6 Å². The number of hydrogen-bond acceptors (Lipinski definition) is 3. The molecule has 2 N–H and O–H groups in total. The molecule has 2 atom stereocenters. The maximum absolute atomic E-state index is 12.4. The molecule has 1 aliphatic carbocycles. The summed E-state index contributed by atoms with van der Waals surface area (Å²) < 4.78 is 0. The van der Waals surface area contributed by atoms with E-state index >= 15 is 0 Å². The average Bonchev–Trinajstić information content (AvgIpc) is 2.66. The molecule has 0 radical (unpaired) electrons. The van der Waals surface area contributed by atoms with Gasteiger partial charge in [0.05, 0.1) is 6.54 Å². The van der Waals surface area contributed by atoms with E-state index in [9.17, 15) is 9.59 Å². The first-order chi connectivity index (χ1) is 13.0. The number of urea groups is 1. The van der Waals surface area contributed by atoms with E-state index in [1.165, 1.54) is 19.3 Å². The van der Waals surface area contributed by atoms with Gasteiger partial charge in [-0.1, -0.05) is 31.4 Å². The van der Waals surface area contributed by atoms with Gasteiger partial charge in [-0.05, 0) is 43.0 Å². The molecule has 7 heteroatoms. The van der Waals surface area contributed by atoms with Gasteiger partial charge in [0, 0.05) is 42.9 Å². The highest BCUT2D eigenvalue weighted by Gasteiger charge is 2.25. The fourth-order valence-corrected chi connectivity index (χ4v) is 3.96. The number of halogens is 1. The van der Waals surface area contributed by atoms with E-state index in [1.807, 2.05) is 0 Å². The summed E-state index contributed by atoms with van der Waals surface area (Å²) in [5, 5.41) is 6.73. The van der Waals surface area contributed by atoms with Crippen LogP contribution in [0, 0.1) is 5.92 Å². The number of rotatable bonds is 4. The molecule has 0 bridgehead atoms. The Labute approximate surface area is 166 Å². The zero-order valence-corrected chi connectivity index (χ0v) is 16.7. The molecule has 3 amide bonds. The Morgan fingerprint density at radius 3 is 2.41 bits per heavy atom. The van der Waals surface area contributed by atoms with Gasteiger partial charge in [-0.3, -0.25) is 9.69 Å². The summed E-state index contributed by atoms with van der Waals surface area (Å²) in [6.45, 7) is 5.29. The fraction of sp³-hybridized carbons (Fsp3) is 0.600. The first kappa shape index (κ1) is 20.0. The third kappa shape index (κ3) is 5.84. The van der Waals surface area contributed by atoms with Crippen LogP contribution in [0.5, 0.6) is 0 Å². The number of carbonyl (C=O) groups is 2. The molecule has 1 heterocycles. The number of carbonyl (C=O) groups excluding carboxylic acids is 2. The molecular weight excluding hydrogens is 364 g/mol. The molecule has 148 valence electrons. The van der Waals surface area contributed by atoms with Gasteiger partial charge in [0.15, 0.2) is 0 Å². The minimum atomic E-state index is -0.113. The lowest BCUT2D eigenvalue weighted by atomic mass is 9.86. The zero-order valence-electron chi connectivity index (χ0n) is 15.9. The highest BCUT2D eigenvalue weighted by molar-refractivity contribution is 6.30. The van der Waals surface area contributed by atoms with Crippen molar-refractivity contribution in [1.29, 1.82) is 0 Å². The van der Waals surface area contributed by atoms with Gasteiger partial charge in [0.25, 0.3) is 0 Å². The summed E-state index contributed by atoms with van der Waals surface area (Å²) in [4.78, 5) is 28.6. The zero-order chi connectivity index (χ0) is 19.2. The summed E-state index contributed by atoms with van der Waals surface area (Å²) in [7, 11) is 0. The normalized spacial score (nSPS) is 23.7. The minimum Gasteiger partial charge on any atom is -0.352 e. The Morgan fingerprint density at radius 1 is 1.07 bits per heavy atom. The predicted octanol–water partition coefficient (Wildman–Crippen LogP) is 3.18. The van der Waals surface area contributed by atoms with Crippen molar-refractivity contribution >= 4 is 29.2 Å².